The number of nitrogens with one attached hydrogen (secondary N) is 3. The lowest BCUT2D eigenvalue weighted by Crippen LogP contribution is -2.39. The molecule has 104 valence electrons. The summed E-state index contributed by atoms with van der Waals surface area (Å²) in [7, 11) is 0. The zero-order valence-corrected chi connectivity index (χ0v) is 11.7. The van der Waals surface area contributed by atoms with Crippen LogP contribution in [0.5, 0.6) is 0 Å². The Kier molecular flexibility index (Phi) is 3.94. The van der Waals surface area contributed by atoms with Crippen LogP contribution in [0.4, 0.5) is 9.93 Å². The number of carbonyl (C=O) groups excluding carboxylic acids is 1. The Hall–Kier alpha value is -1.92. The normalized spacial score (nSPS) is 17.9. The van der Waals surface area contributed by atoms with E-state index in [2.05, 4.69) is 20.9 Å². The maximum Gasteiger partial charge on any atom is 0.321 e. The average molecular weight is 288 g/mol. The third-order valence-corrected chi connectivity index (χ3v) is 3.95. The molecule has 2 aromatic rings. The molecule has 1 aromatic heterocycles. The van der Waals surface area contributed by atoms with E-state index in [1.165, 1.54) is 11.3 Å². The maximum atomic E-state index is 11.8. The molecule has 20 heavy (non-hydrogen) atoms. The second-order valence-electron chi connectivity index (χ2n) is 4.69. The van der Waals surface area contributed by atoms with Crippen LogP contribution >= 0.6 is 11.3 Å². The number of amides is 2. The van der Waals surface area contributed by atoms with Crippen molar-refractivity contribution in [3.05, 3.63) is 35.7 Å². The van der Waals surface area contributed by atoms with Gasteiger partial charge >= 0.3 is 6.03 Å². The lowest BCUT2D eigenvalue weighted by atomic mass is 10.2. The third kappa shape index (κ3) is 3.15. The molecule has 6 heteroatoms. The third-order valence-electron chi connectivity index (χ3n) is 3.19. The van der Waals surface area contributed by atoms with Gasteiger partial charge in [0.2, 0.25) is 0 Å². The van der Waals surface area contributed by atoms with E-state index < -0.39 is 0 Å². The van der Waals surface area contributed by atoms with Crippen LogP contribution in [0.3, 0.4) is 0 Å². The van der Waals surface area contributed by atoms with Crippen LogP contribution in [0.15, 0.2) is 35.7 Å². The molecule has 0 bridgehead atoms. The predicted octanol–water partition coefficient (Wildman–Crippen LogP) is 2.29. The molecule has 0 aliphatic carbocycles. The minimum Gasteiger partial charge on any atom is -0.334 e. The Balaban J connectivity index is 1.61. The molecular weight excluding hydrogens is 272 g/mol. The molecule has 1 aliphatic heterocycles. The van der Waals surface area contributed by atoms with Gasteiger partial charge in [0.15, 0.2) is 5.13 Å². The van der Waals surface area contributed by atoms with E-state index >= 15 is 0 Å². The molecule has 1 fully saturated rings. The van der Waals surface area contributed by atoms with E-state index in [0.717, 1.165) is 30.8 Å². The molecule has 1 aliphatic rings. The first kappa shape index (κ1) is 13.1. The van der Waals surface area contributed by atoms with Crippen LogP contribution in [0.2, 0.25) is 0 Å². The van der Waals surface area contributed by atoms with Crippen molar-refractivity contribution in [2.75, 3.05) is 18.4 Å². The Bertz CT molecular complexity index is 578. The molecule has 0 saturated carbocycles. The highest BCUT2D eigenvalue weighted by molar-refractivity contribution is 7.14. The highest BCUT2D eigenvalue weighted by Gasteiger charge is 2.17. The number of hydrogen-bond acceptors (Lipinski definition) is 4. The topological polar surface area (TPSA) is 66.0 Å². The summed E-state index contributed by atoms with van der Waals surface area (Å²) in [6.07, 6.45) is 0.973. The van der Waals surface area contributed by atoms with Gasteiger partial charge in [0.1, 0.15) is 0 Å². The van der Waals surface area contributed by atoms with Gasteiger partial charge in [0.05, 0.1) is 5.69 Å². The zero-order valence-electron chi connectivity index (χ0n) is 10.9. The molecule has 1 aromatic carbocycles. The zero-order chi connectivity index (χ0) is 13.8. The van der Waals surface area contributed by atoms with Crippen molar-refractivity contribution in [3.8, 4) is 11.3 Å². The van der Waals surface area contributed by atoms with Gasteiger partial charge in [-0.15, -0.1) is 11.3 Å². The van der Waals surface area contributed by atoms with Crippen LogP contribution in [-0.2, 0) is 0 Å². The van der Waals surface area contributed by atoms with Gasteiger partial charge in [0, 0.05) is 23.5 Å². The Morgan fingerprint density at radius 3 is 2.95 bits per heavy atom. The molecule has 3 N–H and O–H groups in total. The standard InChI is InChI=1S/C14H16N4OS/c19-13(16-11-6-7-15-8-11)18-14-17-12(9-20-14)10-4-2-1-3-5-10/h1-5,9,11,15H,6-8H2,(H2,16,17,18,19)/t11-/m1/s1. The van der Waals surface area contributed by atoms with Crippen molar-refractivity contribution in [2.24, 2.45) is 0 Å². The second kappa shape index (κ2) is 6.02. The van der Waals surface area contributed by atoms with E-state index in [9.17, 15) is 4.79 Å². The summed E-state index contributed by atoms with van der Waals surface area (Å²) in [5.74, 6) is 0. The number of thiazole rings is 1. The first-order valence-corrected chi connectivity index (χ1v) is 7.48. The SMILES string of the molecule is O=C(Nc1nc(-c2ccccc2)cs1)N[C@@H]1CCNC1. The van der Waals surface area contributed by atoms with E-state index in [1.54, 1.807) is 0 Å². The molecule has 0 spiro atoms. The first-order chi connectivity index (χ1) is 9.81. The van der Waals surface area contributed by atoms with Crippen LogP contribution in [0, 0.1) is 0 Å². The number of hydrogen-bond donors (Lipinski definition) is 3. The smallest absolute Gasteiger partial charge is 0.321 e. The van der Waals surface area contributed by atoms with E-state index in [1.807, 2.05) is 35.7 Å². The van der Waals surface area contributed by atoms with Crippen molar-refractivity contribution in [2.45, 2.75) is 12.5 Å². The molecule has 0 unspecified atom stereocenters. The van der Waals surface area contributed by atoms with E-state index in [4.69, 9.17) is 0 Å². The molecule has 3 rings (SSSR count). The summed E-state index contributed by atoms with van der Waals surface area (Å²) < 4.78 is 0. The summed E-state index contributed by atoms with van der Waals surface area (Å²) >= 11 is 1.43. The van der Waals surface area contributed by atoms with E-state index in [0.29, 0.717) is 5.13 Å². The minimum atomic E-state index is -0.187. The molecule has 0 radical (unpaired) electrons. The quantitative estimate of drug-likeness (QED) is 0.812. The predicted molar refractivity (Wildman–Crippen MR) is 81.0 cm³/mol. The van der Waals surface area contributed by atoms with Crippen molar-refractivity contribution in [3.63, 3.8) is 0 Å². The Morgan fingerprint density at radius 1 is 1.35 bits per heavy atom. The summed E-state index contributed by atoms with van der Waals surface area (Å²) in [6.45, 7) is 1.79. The molecule has 2 heterocycles. The van der Waals surface area contributed by atoms with Gasteiger partial charge in [-0.05, 0) is 13.0 Å². The summed E-state index contributed by atoms with van der Waals surface area (Å²) in [5.41, 5.74) is 1.94. The Labute approximate surface area is 121 Å². The molecule has 1 saturated heterocycles. The molecule has 5 nitrogen and oxygen atoms in total. The number of anilines is 1. The monoisotopic (exact) mass is 288 g/mol. The van der Waals surface area contributed by atoms with Crippen molar-refractivity contribution in [1.82, 2.24) is 15.6 Å². The lowest BCUT2D eigenvalue weighted by molar-refractivity contribution is 0.249. The fourth-order valence-corrected chi connectivity index (χ4v) is 2.88. The Morgan fingerprint density at radius 2 is 2.20 bits per heavy atom. The van der Waals surface area contributed by atoms with Gasteiger partial charge in [-0.1, -0.05) is 30.3 Å². The number of nitrogens with zero attached hydrogens (tertiary/aromatic N) is 1. The van der Waals surface area contributed by atoms with Gasteiger partial charge in [-0.2, -0.15) is 0 Å². The summed E-state index contributed by atoms with van der Waals surface area (Å²) in [6, 6.07) is 9.95. The second-order valence-corrected chi connectivity index (χ2v) is 5.55. The van der Waals surface area contributed by atoms with Crippen LogP contribution in [-0.4, -0.2) is 30.1 Å². The van der Waals surface area contributed by atoms with Crippen LogP contribution < -0.4 is 16.0 Å². The highest BCUT2D eigenvalue weighted by atomic mass is 32.1. The minimum absolute atomic E-state index is 0.187. The van der Waals surface area contributed by atoms with Crippen LogP contribution in [0.1, 0.15) is 6.42 Å². The number of rotatable bonds is 3. The maximum absolute atomic E-state index is 11.8. The molecule has 1 atom stereocenters. The molecular formula is C14H16N4OS. The van der Waals surface area contributed by atoms with Gasteiger partial charge < -0.3 is 10.6 Å². The van der Waals surface area contributed by atoms with Gasteiger partial charge in [0.25, 0.3) is 0 Å². The molecule has 2 amide bonds. The number of aromatic nitrogens is 1. The van der Waals surface area contributed by atoms with Crippen LogP contribution in [0.25, 0.3) is 11.3 Å². The fourth-order valence-electron chi connectivity index (χ4n) is 2.17. The first-order valence-electron chi connectivity index (χ1n) is 6.60. The largest absolute Gasteiger partial charge is 0.334 e. The van der Waals surface area contributed by atoms with Gasteiger partial charge in [-0.3, -0.25) is 5.32 Å². The van der Waals surface area contributed by atoms with Gasteiger partial charge in [-0.25, -0.2) is 9.78 Å². The van der Waals surface area contributed by atoms with Crippen molar-refractivity contribution >= 4 is 22.5 Å². The summed E-state index contributed by atoms with van der Waals surface area (Å²) in [5, 5.41) is 11.5. The lowest BCUT2D eigenvalue weighted by Gasteiger charge is -2.10. The number of urea groups is 1. The van der Waals surface area contributed by atoms with E-state index in [-0.39, 0.29) is 12.1 Å². The number of benzene rings is 1. The highest BCUT2D eigenvalue weighted by Crippen LogP contribution is 2.24. The number of carbonyl (C=O) groups is 1. The summed E-state index contributed by atoms with van der Waals surface area (Å²) in [4.78, 5) is 16.3. The average Bonchev–Trinajstić information content (AvgIpc) is 3.11. The van der Waals surface area contributed by atoms with Crippen molar-refractivity contribution < 1.29 is 4.79 Å². The van der Waals surface area contributed by atoms with Crippen molar-refractivity contribution in [1.29, 1.82) is 0 Å². The fraction of sp³-hybridized carbons (Fsp3) is 0.286.